The summed E-state index contributed by atoms with van der Waals surface area (Å²) in [6.45, 7) is 4.42. The quantitative estimate of drug-likeness (QED) is 0.615. The number of hydrogen-bond acceptors (Lipinski definition) is 1. The number of hydrogen-bond donors (Lipinski definition) is 1. The van der Waals surface area contributed by atoms with Crippen LogP contribution in [0, 0.1) is 11.3 Å². The molecule has 1 atom stereocenters. The van der Waals surface area contributed by atoms with E-state index in [1.807, 2.05) is 0 Å². The van der Waals surface area contributed by atoms with Crippen LogP contribution in [0.1, 0.15) is 39.5 Å². The highest BCUT2D eigenvalue weighted by Crippen LogP contribution is 2.38. The zero-order valence-corrected chi connectivity index (χ0v) is 7.39. The zero-order chi connectivity index (χ0) is 8.48. The molecule has 0 saturated heterocycles. The molecular weight excluding hydrogens is 138 g/mol. The molecule has 2 heteroatoms. The summed E-state index contributed by atoms with van der Waals surface area (Å²) in [6, 6.07) is 0. The first-order chi connectivity index (χ1) is 5.01. The van der Waals surface area contributed by atoms with E-state index in [1.54, 1.807) is 0 Å². The van der Waals surface area contributed by atoms with Crippen LogP contribution in [0.2, 0.25) is 0 Å². The standard InChI is InChI=1S/C9H17NO/c1-9(2)5-3-4-7(6-9)8(10)11/h7H,3-6H2,1-2H3,(H2,10,11)/t7-/m1/s1. The number of amides is 1. The Hall–Kier alpha value is -0.530. The summed E-state index contributed by atoms with van der Waals surface area (Å²) < 4.78 is 0. The Morgan fingerprint density at radius 1 is 1.55 bits per heavy atom. The molecule has 2 nitrogen and oxygen atoms in total. The van der Waals surface area contributed by atoms with Crippen molar-refractivity contribution in [2.45, 2.75) is 39.5 Å². The molecular formula is C9H17NO. The molecule has 1 saturated carbocycles. The number of nitrogens with two attached hydrogens (primary N) is 1. The van der Waals surface area contributed by atoms with Gasteiger partial charge in [-0.3, -0.25) is 4.79 Å². The van der Waals surface area contributed by atoms with Crippen molar-refractivity contribution in [3.63, 3.8) is 0 Å². The van der Waals surface area contributed by atoms with Gasteiger partial charge in [-0.25, -0.2) is 0 Å². The Labute approximate surface area is 68.2 Å². The first-order valence-corrected chi connectivity index (χ1v) is 4.31. The SMILES string of the molecule is CC1(C)CCC[C@@H](C(N)=O)C1. The minimum atomic E-state index is -0.113. The molecule has 1 rings (SSSR count). The molecule has 64 valence electrons. The summed E-state index contributed by atoms with van der Waals surface area (Å²) in [5.74, 6) is 0.0246. The van der Waals surface area contributed by atoms with Crippen LogP contribution in [0.25, 0.3) is 0 Å². The topological polar surface area (TPSA) is 43.1 Å². The van der Waals surface area contributed by atoms with Crippen LogP contribution in [0.5, 0.6) is 0 Å². The van der Waals surface area contributed by atoms with Crippen molar-refractivity contribution in [3.8, 4) is 0 Å². The molecule has 0 bridgehead atoms. The third-order valence-corrected chi connectivity index (χ3v) is 2.61. The molecule has 0 aromatic carbocycles. The van der Waals surface area contributed by atoms with Gasteiger partial charge in [0.2, 0.25) is 5.91 Å². The van der Waals surface area contributed by atoms with Gasteiger partial charge in [0.1, 0.15) is 0 Å². The van der Waals surface area contributed by atoms with Crippen LogP contribution < -0.4 is 5.73 Å². The third kappa shape index (κ3) is 2.21. The summed E-state index contributed by atoms with van der Waals surface area (Å²) in [5, 5.41) is 0. The molecule has 0 radical (unpaired) electrons. The Kier molecular flexibility index (Phi) is 2.21. The summed E-state index contributed by atoms with van der Waals surface area (Å²) in [5.41, 5.74) is 5.58. The van der Waals surface area contributed by atoms with Crippen LogP contribution in [0.15, 0.2) is 0 Å². The average molecular weight is 155 g/mol. The number of rotatable bonds is 1. The van der Waals surface area contributed by atoms with Crippen LogP contribution in [0.3, 0.4) is 0 Å². The van der Waals surface area contributed by atoms with Gasteiger partial charge in [-0.2, -0.15) is 0 Å². The molecule has 0 heterocycles. The minimum absolute atomic E-state index is 0.113. The Morgan fingerprint density at radius 2 is 2.18 bits per heavy atom. The molecule has 0 spiro atoms. The second-order valence-corrected chi connectivity index (χ2v) is 4.36. The molecule has 1 fully saturated rings. The summed E-state index contributed by atoms with van der Waals surface area (Å²) in [7, 11) is 0. The smallest absolute Gasteiger partial charge is 0.220 e. The molecule has 0 aromatic heterocycles. The van der Waals surface area contributed by atoms with E-state index >= 15 is 0 Å². The number of primary amides is 1. The Balaban J connectivity index is 2.53. The largest absolute Gasteiger partial charge is 0.369 e. The van der Waals surface area contributed by atoms with Crippen LogP contribution in [-0.4, -0.2) is 5.91 Å². The fourth-order valence-corrected chi connectivity index (χ4v) is 1.94. The van der Waals surface area contributed by atoms with Crippen LogP contribution in [0.4, 0.5) is 0 Å². The fraction of sp³-hybridized carbons (Fsp3) is 0.889. The lowest BCUT2D eigenvalue weighted by Gasteiger charge is -2.33. The monoisotopic (exact) mass is 155 g/mol. The van der Waals surface area contributed by atoms with Gasteiger partial charge in [-0.1, -0.05) is 20.3 Å². The van der Waals surface area contributed by atoms with Crippen molar-refractivity contribution in [1.82, 2.24) is 0 Å². The molecule has 0 aliphatic heterocycles. The van der Waals surface area contributed by atoms with E-state index < -0.39 is 0 Å². The Morgan fingerprint density at radius 3 is 2.55 bits per heavy atom. The van der Waals surface area contributed by atoms with Crippen molar-refractivity contribution in [1.29, 1.82) is 0 Å². The van der Waals surface area contributed by atoms with Gasteiger partial charge in [0, 0.05) is 5.92 Å². The first-order valence-electron chi connectivity index (χ1n) is 4.31. The first kappa shape index (κ1) is 8.57. The van der Waals surface area contributed by atoms with Crippen molar-refractivity contribution < 1.29 is 4.79 Å². The molecule has 0 unspecified atom stereocenters. The van der Waals surface area contributed by atoms with E-state index in [0.29, 0.717) is 5.41 Å². The molecule has 0 aromatic rings. The summed E-state index contributed by atoms with van der Waals surface area (Å²) in [6.07, 6.45) is 4.36. The van der Waals surface area contributed by atoms with Gasteiger partial charge in [0.05, 0.1) is 0 Å². The van der Waals surface area contributed by atoms with Crippen molar-refractivity contribution in [2.24, 2.45) is 17.1 Å². The fourth-order valence-electron chi connectivity index (χ4n) is 1.94. The maximum absolute atomic E-state index is 10.9. The number of carbonyl (C=O) groups excluding carboxylic acids is 1. The van der Waals surface area contributed by atoms with E-state index in [2.05, 4.69) is 13.8 Å². The second kappa shape index (κ2) is 2.84. The summed E-state index contributed by atoms with van der Waals surface area (Å²) >= 11 is 0. The minimum Gasteiger partial charge on any atom is -0.369 e. The normalized spacial score (nSPS) is 29.8. The predicted octanol–water partition coefficient (Wildman–Crippen LogP) is 1.69. The maximum atomic E-state index is 10.9. The molecule has 1 amide bonds. The van der Waals surface area contributed by atoms with Crippen LogP contribution in [-0.2, 0) is 4.79 Å². The molecule has 11 heavy (non-hydrogen) atoms. The van der Waals surface area contributed by atoms with Gasteiger partial charge < -0.3 is 5.73 Å². The lowest BCUT2D eigenvalue weighted by molar-refractivity contribution is -0.123. The third-order valence-electron chi connectivity index (χ3n) is 2.61. The van der Waals surface area contributed by atoms with E-state index in [4.69, 9.17) is 5.73 Å². The molecule has 1 aliphatic rings. The van der Waals surface area contributed by atoms with Gasteiger partial charge in [0.25, 0.3) is 0 Å². The van der Waals surface area contributed by atoms with E-state index in [-0.39, 0.29) is 11.8 Å². The predicted molar refractivity (Wildman–Crippen MR) is 44.9 cm³/mol. The Bertz CT molecular complexity index is 163. The van der Waals surface area contributed by atoms with Gasteiger partial charge in [0.15, 0.2) is 0 Å². The van der Waals surface area contributed by atoms with Gasteiger partial charge in [-0.15, -0.1) is 0 Å². The summed E-state index contributed by atoms with van der Waals surface area (Å²) in [4.78, 5) is 10.9. The highest BCUT2D eigenvalue weighted by atomic mass is 16.1. The number of carbonyl (C=O) groups is 1. The average Bonchev–Trinajstić information content (AvgIpc) is 1.85. The molecule has 2 N–H and O–H groups in total. The maximum Gasteiger partial charge on any atom is 0.220 e. The van der Waals surface area contributed by atoms with Gasteiger partial charge in [-0.05, 0) is 24.7 Å². The van der Waals surface area contributed by atoms with Crippen molar-refractivity contribution in [2.75, 3.05) is 0 Å². The van der Waals surface area contributed by atoms with E-state index in [9.17, 15) is 4.79 Å². The molecule has 1 aliphatic carbocycles. The van der Waals surface area contributed by atoms with E-state index in [0.717, 1.165) is 19.3 Å². The lowest BCUT2D eigenvalue weighted by Crippen LogP contribution is -2.31. The highest BCUT2D eigenvalue weighted by Gasteiger charge is 2.30. The zero-order valence-electron chi connectivity index (χ0n) is 7.39. The van der Waals surface area contributed by atoms with Crippen molar-refractivity contribution in [3.05, 3.63) is 0 Å². The van der Waals surface area contributed by atoms with E-state index in [1.165, 1.54) is 6.42 Å². The lowest BCUT2D eigenvalue weighted by atomic mass is 9.72. The van der Waals surface area contributed by atoms with Gasteiger partial charge >= 0.3 is 0 Å². The second-order valence-electron chi connectivity index (χ2n) is 4.36. The highest BCUT2D eigenvalue weighted by molar-refractivity contribution is 5.76. The van der Waals surface area contributed by atoms with Crippen LogP contribution >= 0.6 is 0 Å². The van der Waals surface area contributed by atoms with Crippen molar-refractivity contribution >= 4 is 5.91 Å².